The molecule has 2 rings (SSSR count). The maximum absolute atomic E-state index is 12.0. The van der Waals surface area contributed by atoms with Gasteiger partial charge >= 0.3 is 17.9 Å². The van der Waals surface area contributed by atoms with Crippen molar-refractivity contribution >= 4 is 17.9 Å². The van der Waals surface area contributed by atoms with E-state index >= 15 is 0 Å². The predicted octanol–water partition coefficient (Wildman–Crippen LogP) is -0.260. The Balaban J connectivity index is 1.78. The number of hydrogen-bond donors (Lipinski definition) is 4. The van der Waals surface area contributed by atoms with Crippen molar-refractivity contribution in [2.24, 2.45) is 17.2 Å². The van der Waals surface area contributed by atoms with Crippen molar-refractivity contribution in [3.63, 3.8) is 0 Å². The van der Waals surface area contributed by atoms with E-state index in [4.69, 9.17) is 26.7 Å². The van der Waals surface area contributed by atoms with E-state index in [2.05, 4.69) is 5.32 Å². The monoisotopic (exact) mass is 406 g/mol. The fraction of sp³-hybridized carbons (Fsp3) is 0.550. The van der Waals surface area contributed by atoms with Crippen LogP contribution in [0.2, 0.25) is 0 Å². The first kappa shape index (κ1) is 23.0. The lowest BCUT2D eigenvalue weighted by molar-refractivity contribution is -0.161. The van der Waals surface area contributed by atoms with Crippen LogP contribution in [0.4, 0.5) is 0 Å². The highest BCUT2D eigenvalue weighted by Crippen LogP contribution is 2.16. The van der Waals surface area contributed by atoms with Gasteiger partial charge in [0.2, 0.25) is 0 Å². The van der Waals surface area contributed by atoms with E-state index in [0.29, 0.717) is 25.1 Å². The van der Waals surface area contributed by atoms with Crippen LogP contribution in [0.5, 0.6) is 5.75 Å². The van der Waals surface area contributed by atoms with E-state index < -0.39 is 24.0 Å². The quantitative estimate of drug-likeness (QED) is 0.178. The zero-order chi connectivity index (χ0) is 21.2. The number of ether oxygens (including phenoxy) is 2. The maximum atomic E-state index is 12.0. The molecule has 1 heterocycles. The second-order valence-electron chi connectivity index (χ2n) is 7.16. The van der Waals surface area contributed by atoms with Gasteiger partial charge in [-0.3, -0.25) is 0 Å². The van der Waals surface area contributed by atoms with Crippen molar-refractivity contribution in [2.45, 2.75) is 56.7 Å². The summed E-state index contributed by atoms with van der Waals surface area (Å²) in [5.74, 6) is -1.50. The third kappa shape index (κ3) is 7.54. The number of carbonyl (C=O) groups excluding carboxylic acids is 3. The van der Waals surface area contributed by atoms with Gasteiger partial charge in [-0.05, 0) is 62.9 Å². The summed E-state index contributed by atoms with van der Waals surface area (Å²) in [6, 6.07) is 4.54. The largest absolute Gasteiger partial charge is 0.425 e. The molecule has 1 aliphatic rings. The Kier molecular flexibility index (Phi) is 9.20. The van der Waals surface area contributed by atoms with E-state index in [0.717, 1.165) is 31.4 Å². The normalized spacial score (nSPS) is 18.1. The van der Waals surface area contributed by atoms with Crippen molar-refractivity contribution in [1.29, 1.82) is 0 Å². The zero-order valence-electron chi connectivity index (χ0n) is 16.5. The van der Waals surface area contributed by atoms with Gasteiger partial charge in [0.05, 0.1) is 0 Å². The van der Waals surface area contributed by atoms with Crippen LogP contribution >= 0.6 is 0 Å². The highest BCUT2D eigenvalue weighted by molar-refractivity contribution is 5.90. The molecule has 0 amide bonds. The molecule has 1 saturated heterocycles. The topological polar surface area (TPSA) is 160 Å². The van der Waals surface area contributed by atoms with Gasteiger partial charge in [-0.25, -0.2) is 14.4 Å². The summed E-state index contributed by atoms with van der Waals surface area (Å²) >= 11 is 0. The van der Waals surface area contributed by atoms with Crippen LogP contribution in [-0.2, 0) is 25.5 Å². The molecule has 0 saturated carbocycles. The Labute approximate surface area is 170 Å². The van der Waals surface area contributed by atoms with E-state index in [-0.39, 0.29) is 18.4 Å². The average molecular weight is 406 g/mol. The molecule has 0 radical (unpaired) electrons. The van der Waals surface area contributed by atoms with Crippen molar-refractivity contribution in [3.8, 4) is 5.75 Å². The lowest BCUT2D eigenvalue weighted by atomic mass is 10.1. The Morgan fingerprint density at radius 2 is 1.76 bits per heavy atom. The van der Waals surface area contributed by atoms with Gasteiger partial charge in [0.25, 0.3) is 0 Å². The van der Waals surface area contributed by atoms with Gasteiger partial charge in [0.15, 0.2) is 0 Å². The summed E-state index contributed by atoms with van der Waals surface area (Å²) in [6.07, 6.45) is 3.72. The summed E-state index contributed by atoms with van der Waals surface area (Å²) in [5.41, 5.74) is 17.7. The molecule has 0 aromatic heterocycles. The number of nitrogens with one attached hydrogen (secondary N) is 1. The van der Waals surface area contributed by atoms with E-state index in [9.17, 15) is 14.4 Å². The molecule has 0 spiro atoms. The van der Waals surface area contributed by atoms with E-state index in [1.54, 1.807) is 24.3 Å². The van der Waals surface area contributed by atoms with Crippen LogP contribution in [0.1, 0.15) is 37.7 Å². The first-order valence-electron chi connectivity index (χ1n) is 9.91. The fourth-order valence-corrected chi connectivity index (χ4v) is 2.98. The summed E-state index contributed by atoms with van der Waals surface area (Å²) in [6.45, 7) is 1.33. The summed E-state index contributed by atoms with van der Waals surface area (Å²) in [5, 5.41) is 3.08. The van der Waals surface area contributed by atoms with Gasteiger partial charge in [-0.1, -0.05) is 18.6 Å². The van der Waals surface area contributed by atoms with Crippen molar-refractivity contribution in [1.82, 2.24) is 5.32 Å². The third-order valence-electron chi connectivity index (χ3n) is 4.72. The van der Waals surface area contributed by atoms with Crippen LogP contribution in [0, 0.1) is 0 Å². The molecule has 0 aliphatic carbocycles. The maximum Gasteiger partial charge on any atom is 0.330 e. The molecule has 1 aromatic carbocycles. The van der Waals surface area contributed by atoms with Crippen molar-refractivity contribution < 1.29 is 23.9 Å². The number of hydrogen-bond acceptors (Lipinski definition) is 9. The minimum atomic E-state index is -1.01. The van der Waals surface area contributed by atoms with Gasteiger partial charge < -0.3 is 32.0 Å². The molecule has 9 nitrogen and oxygen atoms in total. The van der Waals surface area contributed by atoms with Crippen molar-refractivity contribution in [2.75, 3.05) is 13.1 Å². The summed E-state index contributed by atoms with van der Waals surface area (Å²) in [7, 11) is 0. The Hall–Kier alpha value is -2.33. The van der Waals surface area contributed by atoms with Crippen LogP contribution < -0.4 is 27.3 Å². The molecule has 9 heteroatoms. The molecule has 1 aliphatic heterocycles. The number of esters is 3. The standard InChI is InChI=1S/C20H30N4O5/c21-10-2-1-4-15(22)18(25)29-19(26)16(23)12-13-6-8-14(9-7-13)28-20(27)17-5-3-11-24-17/h6-9,15-17,24H,1-5,10-12,21-23H2/t15-,16-,17-/m0/s1. The molecule has 1 fully saturated rings. The summed E-state index contributed by atoms with van der Waals surface area (Å²) in [4.78, 5) is 35.9. The Bertz CT molecular complexity index is 689. The zero-order valence-corrected chi connectivity index (χ0v) is 16.5. The number of benzene rings is 1. The predicted molar refractivity (Wildman–Crippen MR) is 107 cm³/mol. The van der Waals surface area contributed by atoms with Gasteiger partial charge in [-0.2, -0.15) is 0 Å². The lowest BCUT2D eigenvalue weighted by Crippen LogP contribution is -2.40. The Morgan fingerprint density at radius 3 is 2.38 bits per heavy atom. The fourth-order valence-electron chi connectivity index (χ4n) is 2.98. The first-order valence-corrected chi connectivity index (χ1v) is 9.91. The minimum absolute atomic E-state index is 0.174. The highest BCUT2D eigenvalue weighted by Gasteiger charge is 2.25. The van der Waals surface area contributed by atoms with E-state index in [1.807, 2.05) is 0 Å². The second kappa shape index (κ2) is 11.6. The average Bonchev–Trinajstić information content (AvgIpc) is 3.24. The molecule has 7 N–H and O–H groups in total. The van der Waals surface area contributed by atoms with Crippen LogP contribution in [0.25, 0.3) is 0 Å². The molecule has 29 heavy (non-hydrogen) atoms. The van der Waals surface area contributed by atoms with Crippen LogP contribution in [0.15, 0.2) is 24.3 Å². The molecule has 3 atom stereocenters. The molecule has 160 valence electrons. The highest BCUT2D eigenvalue weighted by atomic mass is 16.6. The second-order valence-corrected chi connectivity index (χ2v) is 7.16. The molecule has 1 aromatic rings. The lowest BCUT2D eigenvalue weighted by Gasteiger charge is -2.14. The molecular weight excluding hydrogens is 376 g/mol. The Morgan fingerprint density at radius 1 is 1.07 bits per heavy atom. The molecule has 0 bridgehead atoms. The van der Waals surface area contributed by atoms with Gasteiger partial charge in [0, 0.05) is 0 Å². The number of rotatable bonds is 10. The smallest absolute Gasteiger partial charge is 0.330 e. The minimum Gasteiger partial charge on any atom is -0.425 e. The number of nitrogens with two attached hydrogens (primary N) is 3. The van der Waals surface area contributed by atoms with E-state index in [1.165, 1.54) is 0 Å². The van der Waals surface area contributed by atoms with Crippen LogP contribution in [-0.4, -0.2) is 49.1 Å². The van der Waals surface area contributed by atoms with Gasteiger partial charge in [0.1, 0.15) is 23.9 Å². The molecular formula is C20H30N4O5. The van der Waals surface area contributed by atoms with Gasteiger partial charge in [-0.15, -0.1) is 0 Å². The molecule has 0 unspecified atom stereocenters. The van der Waals surface area contributed by atoms with Crippen molar-refractivity contribution in [3.05, 3.63) is 29.8 Å². The number of carbonyl (C=O) groups is 3. The first-order chi connectivity index (χ1) is 13.9. The van der Waals surface area contributed by atoms with Crippen LogP contribution in [0.3, 0.4) is 0 Å². The third-order valence-corrected chi connectivity index (χ3v) is 4.72. The SMILES string of the molecule is NCCCC[C@H](N)C(=O)OC(=O)[C@@H](N)Cc1ccc(OC(=O)[C@@H]2CCCN2)cc1. The summed E-state index contributed by atoms with van der Waals surface area (Å²) < 4.78 is 10.1. The number of unbranched alkanes of at least 4 members (excludes halogenated alkanes) is 1.